The van der Waals surface area contributed by atoms with E-state index >= 15 is 0 Å². The molecular formula is C19H19ClN2O4S2. The Morgan fingerprint density at radius 2 is 1.96 bits per heavy atom. The van der Waals surface area contributed by atoms with E-state index in [4.69, 9.17) is 16.3 Å². The van der Waals surface area contributed by atoms with Crippen molar-refractivity contribution < 1.29 is 17.9 Å². The average molecular weight is 439 g/mol. The van der Waals surface area contributed by atoms with Crippen molar-refractivity contribution in [3.8, 4) is 5.75 Å². The number of hydrogen-bond donors (Lipinski definition) is 1. The van der Waals surface area contributed by atoms with E-state index < -0.39 is 9.84 Å². The zero-order chi connectivity index (χ0) is 20.1. The third kappa shape index (κ3) is 5.21. The Morgan fingerprint density at radius 3 is 2.68 bits per heavy atom. The minimum absolute atomic E-state index is 0.0902. The molecule has 0 unspecified atom stereocenters. The molecule has 9 heteroatoms. The number of amides is 1. The van der Waals surface area contributed by atoms with Crippen molar-refractivity contribution in [2.45, 2.75) is 24.7 Å². The molecule has 6 nitrogen and oxygen atoms in total. The number of aromatic nitrogens is 1. The van der Waals surface area contributed by atoms with E-state index in [1.165, 1.54) is 35.6 Å². The topological polar surface area (TPSA) is 85.4 Å². The van der Waals surface area contributed by atoms with Gasteiger partial charge in [-0.3, -0.25) is 4.79 Å². The predicted molar refractivity (Wildman–Crippen MR) is 112 cm³/mol. The summed E-state index contributed by atoms with van der Waals surface area (Å²) in [5, 5.41) is 3.69. The minimum Gasteiger partial charge on any atom is -0.494 e. The van der Waals surface area contributed by atoms with Gasteiger partial charge in [0.2, 0.25) is 5.91 Å². The van der Waals surface area contributed by atoms with Gasteiger partial charge in [0.25, 0.3) is 0 Å². The fraction of sp³-hybridized carbons (Fsp3) is 0.263. The first-order valence-corrected chi connectivity index (χ1v) is 11.5. The van der Waals surface area contributed by atoms with Gasteiger partial charge in [0.05, 0.1) is 27.5 Å². The van der Waals surface area contributed by atoms with Crippen LogP contribution in [0.2, 0.25) is 5.02 Å². The van der Waals surface area contributed by atoms with Crippen molar-refractivity contribution in [3.63, 3.8) is 0 Å². The third-order valence-corrected chi connectivity index (χ3v) is 6.91. The van der Waals surface area contributed by atoms with E-state index in [1.54, 1.807) is 0 Å². The van der Waals surface area contributed by atoms with Crippen molar-refractivity contribution in [2.75, 3.05) is 17.7 Å². The van der Waals surface area contributed by atoms with Gasteiger partial charge in [-0.1, -0.05) is 22.9 Å². The van der Waals surface area contributed by atoms with Crippen LogP contribution in [0.1, 0.15) is 19.8 Å². The molecule has 0 aliphatic heterocycles. The van der Waals surface area contributed by atoms with Crippen LogP contribution in [0.5, 0.6) is 5.75 Å². The van der Waals surface area contributed by atoms with Crippen LogP contribution in [0.4, 0.5) is 5.13 Å². The van der Waals surface area contributed by atoms with Crippen molar-refractivity contribution in [3.05, 3.63) is 47.5 Å². The van der Waals surface area contributed by atoms with E-state index in [-0.39, 0.29) is 29.4 Å². The summed E-state index contributed by atoms with van der Waals surface area (Å²) in [6, 6.07) is 11.6. The third-order valence-electron chi connectivity index (χ3n) is 3.91. The SMILES string of the molecule is CCOc1ccc2nc(NC(=O)CCCS(=O)(=O)c3ccc(Cl)cc3)sc2c1. The second kappa shape index (κ2) is 8.89. The molecule has 0 saturated carbocycles. The van der Waals surface area contributed by atoms with Crippen molar-refractivity contribution in [1.29, 1.82) is 0 Å². The number of anilines is 1. The molecule has 1 amide bonds. The van der Waals surface area contributed by atoms with Gasteiger partial charge in [0, 0.05) is 11.4 Å². The lowest BCUT2D eigenvalue weighted by Crippen LogP contribution is -2.14. The van der Waals surface area contributed by atoms with Gasteiger partial charge in [0.1, 0.15) is 5.75 Å². The monoisotopic (exact) mass is 438 g/mol. The van der Waals surface area contributed by atoms with Gasteiger partial charge < -0.3 is 10.1 Å². The number of ether oxygens (including phenoxy) is 1. The molecule has 2 aromatic carbocycles. The zero-order valence-corrected chi connectivity index (χ0v) is 17.5. The maximum atomic E-state index is 12.3. The lowest BCUT2D eigenvalue weighted by Gasteiger charge is -2.05. The van der Waals surface area contributed by atoms with E-state index in [0.29, 0.717) is 16.8 Å². The number of sulfone groups is 1. The first kappa shape index (κ1) is 20.6. The Balaban J connectivity index is 1.55. The molecule has 3 rings (SSSR count). The van der Waals surface area contributed by atoms with Gasteiger partial charge >= 0.3 is 0 Å². The molecule has 0 atom stereocenters. The number of halogens is 1. The van der Waals surface area contributed by atoms with Crippen LogP contribution in [0.3, 0.4) is 0 Å². The molecule has 3 aromatic rings. The van der Waals surface area contributed by atoms with Crippen LogP contribution in [0.15, 0.2) is 47.4 Å². The Kier molecular flexibility index (Phi) is 6.53. The number of thiazole rings is 1. The number of rotatable bonds is 8. The lowest BCUT2D eigenvalue weighted by molar-refractivity contribution is -0.116. The molecule has 0 bridgehead atoms. The zero-order valence-electron chi connectivity index (χ0n) is 15.1. The molecular weight excluding hydrogens is 420 g/mol. The Labute approximate surface area is 172 Å². The molecule has 0 spiro atoms. The smallest absolute Gasteiger partial charge is 0.226 e. The number of carbonyl (C=O) groups excluding carboxylic acids is 1. The summed E-state index contributed by atoms with van der Waals surface area (Å²) in [5.74, 6) is 0.374. The van der Waals surface area contributed by atoms with Gasteiger partial charge in [-0.25, -0.2) is 13.4 Å². The molecule has 28 heavy (non-hydrogen) atoms. The number of hydrogen-bond acceptors (Lipinski definition) is 6. The van der Waals surface area contributed by atoms with E-state index in [0.717, 1.165) is 16.0 Å². The number of fused-ring (bicyclic) bond motifs is 1. The van der Waals surface area contributed by atoms with Crippen molar-refractivity contribution in [1.82, 2.24) is 4.98 Å². The van der Waals surface area contributed by atoms with E-state index in [2.05, 4.69) is 10.3 Å². The molecule has 1 heterocycles. The molecule has 1 aromatic heterocycles. The summed E-state index contributed by atoms with van der Waals surface area (Å²) in [7, 11) is -3.44. The maximum Gasteiger partial charge on any atom is 0.226 e. The number of carbonyl (C=O) groups is 1. The largest absolute Gasteiger partial charge is 0.494 e. The molecule has 0 saturated heterocycles. The summed E-state index contributed by atoms with van der Waals surface area (Å²) in [6.45, 7) is 2.49. The summed E-state index contributed by atoms with van der Waals surface area (Å²) >= 11 is 7.13. The van der Waals surface area contributed by atoms with E-state index in [1.807, 2.05) is 25.1 Å². The fourth-order valence-electron chi connectivity index (χ4n) is 2.58. The number of nitrogens with one attached hydrogen (secondary N) is 1. The highest BCUT2D eigenvalue weighted by Gasteiger charge is 2.15. The molecule has 0 radical (unpaired) electrons. The fourth-order valence-corrected chi connectivity index (χ4v) is 4.93. The average Bonchev–Trinajstić information content (AvgIpc) is 3.03. The standard InChI is InChI=1S/C19H19ClN2O4S2/c1-2-26-14-7-10-16-17(12-14)27-19(21-16)22-18(23)4-3-11-28(24,25)15-8-5-13(20)6-9-15/h5-10,12H,2-4,11H2,1H3,(H,21,22,23). The highest BCUT2D eigenvalue weighted by atomic mass is 35.5. The highest BCUT2D eigenvalue weighted by molar-refractivity contribution is 7.91. The van der Waals surface area contributed by atoms with Gasteiger partial charge in [0.15, 0.2) is 15.0 Å². The summed E-state index contributed by atoms with van der Waals surface area (Å²) < 4.78 is 30.9. The predicted octanol–water partition coefficient (Wildman–Crippen LogP) is 4.54. The molecule has 1 N–H and O–H groups in total. The van der Waals surface area contributed by atoms with Crippen molar-refractivity contribution >= 4 is 54.0 Å². The lowest BCUT2D eigenvalue weighted by atomic mass is 10.3. The summed E-state index contributed by atoms with van der Waals surface area (Å²) in [4.78, 5) is 16.7. The second-order valence-corrected chi connectivity index (χ2v) is 9.58. The first-order valence-electron chi connectivity index (χ1n) is 8.69. The Morgan fingerprint density at radius 1 is 1.21 bits per heavy atom. The maximum absolute atomic E-state index is 12.3. The van der Waals surface area contributed by atoms with Crippen LogP contribution in [0.25, 0.3) is 10.2 Å². The van der Waals surface area contributed by atoms with E-state index in [9.17, 15) is 13.2 Å². The normalized spacial score (nSPS) is 11.5. The highest BCUT2D eigenvalue weighted by Crippen LogP contribution is 2.29. The number of benzene rings is 2. The minimum atomic E-state index is -3.44. The van der Waals surface area contributed by atoms with Gasteiger partial charge in [-0.05, 0) is 55.8 Å². The van der Waals surface area contributed by atoms with Crippen LogP contribution in [-0.2, 0) is 14.6 Å². The van der Waals surface area contributed by atoms with Crippen molar-refractivity contribution in [2.24, 2.45) is 0 Å². The number of nitrogens with zero attached hydrogens (tertiary/aromatic N) is 1. The molecule has 0 aliphatic carbocycles. The van der Waals surface area contributed by atoms with Crippen LogP contribution in [-0.4, -0.2) is 31.7 Å². The Bertz CT molecular complexity index is 1080. The van der Waals surface area contributed by atoms with Crippen LogP contribution >= 0.6 is 22.9 Å². The molecule has 148 valence electrons. The van der Waals surface area contributed by atoms with Gasteiger partial charge in [-0.2, -0.15) is 0 Å². The van der Waals surface area contributed by atoms with Gasteiger partial charge in [-0.15, -0.1) is 0 Å². The first-order chi connectivity index (χ1) is 13.4. The molecule has 0 aliphatic rings. The van der Waals surface area contributed by atoms with Crippen LogP contribution < -0.4 is 10.1 Å². The quantitative estimate of drug-likeness (QED) is 0.558. The second-order valence-electron chi connectivity index (χ2n) is 6.01. The van der Waals surface area contributed by atoms with Crippen LogP contribution in [0, 0.1) is 0 Å². The Hall–Kier alpha value is -2.16. The molecule has 0 fully saturated rings. The summed E-state index contributed by atoms with van der Waals surface area (Å²) in [5.41, 5.74) is 0.772. The summed E-state index contributed by atoms with van der Waals surface area (Å²) in [6.07, 6.45) is 0.309.